The number of rotatable bonds is 3. The minimum Gasteiger partial charge on any atom is -0.301 e. The van der Waals surface area contributed by atoms with E-state index in [-0.39, 0.29) is 5.56 Å². The second kappa shape index (κ2) is 4.11. The Kier molecular flexibility index (Phi) is 3.10. The molecule has 0 spiro atoms. The average molecular weight is 182 g/mol. The molecule has 1 N–H and O–H groups in total. The third-order valence-electron chi connectivity index (χ3n) is 1.10. The van der Waals surface area contributed by atoms with Gasteiger partial charge in [-0.15, -0.1) is 0 Å². The largest absolute Gasteiger partial charge is 0.301 e. The zero-order valence-corrected chi connectivity index (χ0v) is 7.65. The number of nitrogens with zero attached hydrogens (tertiary/aromatic N) is 1. The van der Waals surface area contributed by atoms with Crippen LogP contribution >= 0.6 is 11.8 Å². The van der Waals surface area contributed by atoms with E-state index in [4.69, 9.17) is 0 Å². The van der Waals surface area contributed by atoms with Crippen LogP contribution in [0, 0.1) is 0 Å². The van der Waals surface area contributed by atoms with Gasteiger partial charge in [-0.1, -0.05) is 23.9 Å². The maximum absolute atomic E-state index is 10.8. The Morgan fingerprint density at radius 1 is 1.83 bits per heavy atom. The Morgan fingerprint density at radius 3 is 3.17 bits per heavy atom. The summed E-state index contributed by atoms with van der Waals surface area (Å²) in [6.07, 6.45) is 1.50. The zero-order valence-electron chi connectivity index (χ0n) is 6.83. The van der Waals surface area contributed by atoms with Crippen molar-refractivity contribution in [2.24, 2.45) is 0 Å². The molecule has 0 saturated carbocycles. The van der Waals surface area contributed by atoms with Crippen LogP contribution in [0.3, 0.4) is 0 Å². The number of H-pyrrole nitrogens is 1. The van der Waals surface area contributed by atoms with Crippen molar-refractivity contribution in [1.82, 2.24) is 9.97 Å². The highest BCUT2D eigenvalue weighted by Crippen LogP contribution is 2.12. The molecule has 0 bridgehead atoms. The molecule has 0 aromatic carbocycles. The average Bonchev–Trinajstić information content (AvgIpc) is 2.01. The van der Waals surface area contributed by atoms with Crippen molar-refractivity contribution in [2.75, 3.05) is 5.75 Å². The molecular weight excluding hydrogens is 172 g/mol. The van der Waals surface area contributed by atoms with E-state index in [1.165, 1.54) is 24.0 Å². The first-order chi connectivity index (χ1) is 5.68. The van der Waals surface area contributed by atoms with Crippen molar-refractivity contribution < 1.29 is 0 Å². The van der Waals surface area contributed by atoms with Crippen LogP contribution in [0.4, 0.5) is 0 Å². The number of thioether (sulfide) groups is 1. The van der Waals surface area contributed by atoms with Gasteiger partial charge >= 0.3 is 0 Å². The van der Waals surface area contributed by atoms with E-state index in [0.717, 1.165) is 11.3 Å². The monoisotopic (exact) mass is 182 g/mol. The molecule has 64 valence electrons. The van der Waals surface area contributed by atoms with Gasteiger partial charge in [0.2, 0.25) is 0 Å². The lowest BCUT2D eigenvalue weighted by atomic mass is 10.4. The highest BCUT2D eigenvalue weighted by Gasteiger charge is 1.94. The maximum Gasteiger partial charge on any atom is 0.251 e. The summed E-state index contributed by atoms with van der Waals surface area (Å²) in [7, 11) is 0. The Balaban J connectivity index is 2.64. The molecule has 4 heteroatoms. The Bertz CT molecular complexity index is 332. The molecule has 0 aliphatic heterocycles. The molecule has 1 aromatic heterocycles. The smallest absolute Gasteiger partial charge is 0.251 e. The number of hydrogen-bond donors (Lipinski definition) is 1. The van der Waals surface area contributed by atoms with Crippen LogP contribution in [0.2, 0.25) is 0 Å². The molecule has 0 amide bonds. The standard InChI is InChI=1S/C8H10N2OS/c1-6(2)5-12-8-9-4-3-7(11)10-8/h3-4H,1,5H2,2H3,(H,9,10,11). The van der Waals surface area contributed by atoms with Crippen molar-refractivity contribution >= 4 is 11.8 Å². The summed E-state index contributed by atoms with van der Waals surface area (Å²) in [5.74, 6) is 0.785. The molecule has 0 fully saturated rings. The molecule has 0 saturated heterocycles. The Hall–Kier alpha value is -1.03. The van der Waals surface area contributed by atoms with E-state index in [1.807, 2.05) is 6.92 Å². The van der Waals surface area contributed by atoms with Gasteiger partial charge in [-0.05, 0) is 6.92 Å². The van der Waals surface area contributed by atoms with E-state index in [2.05, 4.69) is 16.5 Å². The van der Waals surface area contributed by atoms with Gasteiger partial charge in [-0.3, -0.25) is 4.79 Å². The summed E-state index contributed by atoms with van der Waals surface area (Å²) >= 11 is 1.48. The summed E-state index contributed by atoms with van der Waals surface area (Å²) < 4.78 is 0. The molecule has 1 aromatic rings. The third-order valence-corrected chi connectivity index (χ3v) is 2.22. The highest BCUT2D eigenvalue weighted by atomic mass is 32.2. The second-order valence-corrected chi connectivity index (χ2v) is 3.45. The van der Waals surface area contributed by atoms with Crippen LogP contribution in [-0.4, -0.2) is 15.7 Å². The Morgan fingerprint density at radius 2 is 2.58 bits per heavy atom. The van der Waals surface area contributed by atoms with Gasteiger partial charge in [0.15, 0.2) is 5.16 Å². The van der Waals surface area contributed by atoms with Gasteiger partial charge in [-0.25, -0.2) is 4.98 Å². The van der Waals surface area contributed by atoms with E-state index >= 15 is 0 Å². The molecule has 0 radical (unpaired) electrons. The van der Waals surface area contributed by atoms with Gasteiger partial charge < -0.3 is 4.98 Å². The number of hydrogen-bond acceptors (Lipinski definition) is 3. The highest BCUT2D eigenvalue weighted by molar-refractivity contribution is 7.99. The number of aromatic amines is 1. The minimum atomic E-state index is -0.116. The molecule has 0 atom stereocenters. The first-order valence-corrected chi connectivity index (χ1v) is 4.49. The quantitative estimate of drug-likeness (QED) is 0.437. The Labute approximate surface area is 74.9 Å². The summed E-state index contributed by atoms with van der Waals surface area (Å²) in [5, 5.41) is 0.644. The van der Waals surface area contributed by atoms with E-state index in [9.17, 15) is 4.79 Å². The predicted octanol–water partition coefficient (Wildman–Crippen LogP) is 1.44. The SMILES string of the molecule is C=C(C)CSc1nccc(=O)[nH]1. The summed E-state index contributed by atoms with van der Waals surface area (Å²) in [4.78, 5) is 17.4. The maximum atomic E-state index is 10.8. The fraction of sp³-hybridized carbons (Fsp3) is 0.250. The minimum absolute atomic E-state index is 0.116. The van der Waals surface area contributed by atoms with E-state index < -0.39 is 0 Å². The van der Waals surface area contributed by atoms with Crippen molar-refractivity contribution in [3.8, 4) is 0 Å². The number of aromatic nitrogens is 2. The summed E-state index contributed by atoms with van der Waals surface area (Å²) in [6, 6.07) is 1.39. The predicted molar refractivity (Wildman–Crippen MR) is 50.4 cm³/mol. The van der Waals surface area contributed by atoms with Gasteiger partial charge in [0, 0.05) is 18.0 Å². The lowest BCUT2D eigenvalue weighted by molar-refractivity contribution is 0.937. The second-order valence-electron chi connectivity index (χ2n) is 2.49. The van der Waals surface area contributed by atoms with Crippen molar-refractivity contribution in [3.05, 3.63) is 34.8 Å². The van der Waals surface area contributed by atoms with Crippen LogP contribution in [0.15, 0.2) is 34.4 Å². The van der Waals surface area contributed by atoms with Crippen LogP contribution in [0.1, 0.15) is 6.92 Å². The van der Waals surface area contributed by atoms with Crippen LogP contribution in [0.25, 0.3) is 0 Å². The van der Waals surface area contributed by atoms with E-state index in [0.29, 0.717) is 5.16 Å². The summed E-state index contributed by atoms with van der Waals surface area (Å²) in [6.45, 7) is 5.69. The first kappa shape index (κ1) is 9.06. The fourth-order valence-electron chi connectivity index (χ4n) is 0.617. The topological polar surface area (TPSA) is 45.8 Å². The first-order valence-electron chi connectivity index (χ1n) is 3.51. The van der Waals surface area contributed by atoms with Crippen molar-refractivity contribution in [2.45, 2.75) is 12.1 Å². The lowest BCUT2D eigenvalue weighted by Crippen LogP contribution is -2.05. The van der Waals surface area contributed by atoms with Crippen molar-refractivity contribution in [3.63, 3.8) is 0 Å². The molecule has 0 aliphatic carbocycles. The fourth-order valence-corrected chi connectivity index (χ4v) is 1.31. The zero-order chi connectivity index (χ0) is 8.97. The van der Waals surface area contributed by atoms with Crippen LogP contribution in [0.5, 0.6) is 0 Å². The molecular formula is C8H10N2OS. The van der Waals surface area contributed by atoms with E-state index in [1.54, 1.807) is 0 Å². The van der Waals surface area contributed by atoms with Crippen LogP contribution < -0.4 is 5.56 Å². The normalized spacial score (nSPS) is 9.75. The molecule has 12 heavy (non-hydrogen) atoms. The van der Waals surface area contributed by atoms with Gasteiger partial charge in [0.1, 0.15) is 0 Å². The van der Waals surface area contributed by atoms with Gasteiger partial charge in [0.05, 0.1) is 0 Å². The molecule has 1 rings (SSSR count). The summed E-state index contributed by atoms with van der Waals surface area (Å²) in [5.41, 5.74) is 0.945. The molecule has 0 aliphatic rings. The van der Waals surface area contributed by atoms with Crippen LogP contribution in [-0.2, 0) is 0 Å². The van der Waals surface area contributed by atoms with Gasteiger partial charge in [0.25, 0.3) is 5.56 Å². The van der Waals surface area contributed by atoms with Crippen molar-refractivity contribution in [1.29, 1.82) is 0 Å². The number of nitrogens with one attached hydrogen (secondary N) is 1. The molecule has 3 nitrogen and oxygen atoms in total. The lowest BCUT2D eigenvalue weighted by Gasteiger charge is -1.97. The molecule has 0 unspecified atom stereocenters. The van der Waals surface area contributed by atoms with Gasteiger partial charge in [-0.2, -0.15) is 0 Å². The molecule has 1 heterocycles. The third kappa shape index (κ3) is 2.92.